The molecule has 3 aliphatic rings. The number of hydrogen-bond acceptors (Lipinski definition) is 4. The number of nitrogens with one attached hydrogen (secondary N) is 2. The summed E-state index contributed by atoms with van der Waals surface area (Å²) < 4.78 is 17.1. The quantitative estimate of drug-likeness (QED) is 0.437. The normalized spacial score (nSPS) is 33.0. The van der Waals surface area contributed by atoms with E-state index in [1.807, 2.05) is 7.05 Å². The van der Waals surface area contributed by atoms with Gasteiger partial charge in [0.1, 0.15) is 0 Å². The van der Waals surface area contributed by atoms with Crippen LogP contribution in [-0.2, 0) is 14.2 Å². The molecule has 1 aliphatic carbocycles. The highest BCUT2D eigenvalue weighted by atomic mass is 16.5. The van der Waals surface area contributed by atoms with Gasteiger partial charge in [0.05, 0.1) is 12.2 Å². The molecule has 0 amide bonds. The van der Waals surface area contributed by atoms with Gasteiger partial charge in [0, 0.05) is 57.4 Å². The fourth-order valence-electron chi connectivity index (χ4n) is 4.33. The van der Waals surface area contributed by atoms with E-state index in [-0.39, 0.29) is 5.41 Å². The first-order chi connectivity index (χ1) is 11.6. The second-order valence-electron chi connectivity index (χ2n) is 7.72. The molecule has 3 unspecified atom stereocenters. The van der Waals surface area contributed by atoms with Gasteiger partial charge in [-0.3, -0.25) is 4.99 Å². The van der Waals surface area contributed by atoms with Gasteiger partial charge in [-0.2, -0.15) is 0 Å². The van der Waals surface area contributed by atoms with E-state index in [1.54, 1.807) is 0 Å². The lowest BCUT2D eigenvalue weighted by Crippen LogP contribution is -2.68. The predicted octanol–water partition coefficient (Wildman–Crippen LogP) is 1.55. The van der Waals surface area contributed by atoms with Gasteiger partial charge in [-0.25, -0.2) is 0 Å². The first-order valence-electron chi connectivity index (χ1n) is 9.41. The molecule has 2 saturated heterocycles. The van der Waals surface area contributed by atoms with Crippen molar-refractivity contribution >= 4 is 5.96 Å². The minimum atomic E-state index is 0.172. The maximum absolute atomic E-state index is 5.90. The molecule has 3 atom stereocenters. The van der Waals surface area contributed by atoms with Crippen molar-refractivity contribution in [3.63, 3.8) is 0 Å². The monoisotopic (exact) mass is 339 g/mol. The Hall–Kier alpha value is -0.850. The van der Waals surface area contributed by atoms with Crippen molar-refractivity contribution in [1.82, 2.24) is 10.6 Å². The third-order valence-corrected chi connectivity index (χ3v) is 5.75. The van der Waals surface area contributed by atoms with Crippen LogP contribution in [0.1, 0.15) is 39.5 Å². The molecule has 0 aromatic rings. The molecule has 138 valence electrons. The van der Waals surface area contributed by atoms with Crippen LogP contribution in [0, 0.1) is 11.3 Å². The van der Waals surface area contributed by atoms with E-state index in [0.29, 0.717) is 24.2 Å². The molecule has 2 heterocycles. The van der Waals surface area contributed by atoms with Crippen LogP contribution in [0.3, 0.4) is 0 Å². The number of aliphatic imine (C=N–C) groups is 1. The van der Waals surface area contributed by atoms with Gasteiger partial charge in [-0.05, 0) is 25.7 Å². The lowest BCUT2D eigenvalue weighted by Gasteiger charge is -2.54. The zero-order valence-electron chi connectivity index (χ0n) is 15.3. The molecule has 0 bridgehead atoms. The molecule has 24 heavy (non-hydrogen) atoms. The van der Waals surface area contributed by atoms with Gasteiger partial charge in [0.15, 0.2) is 5.96 Å². The predicted molar refractivity (Wildman–Crippen MR) is 94.3 cm³/mol. The van der Waals surface area contributed by atoms with Crippen LogP contribution in [-0.4, -0.2) is 64.2 Å². The van der Waals surface area contributed by atoms with E-state index in [1.165, 1.54) is 0 Å². The Morgan fingerprint density at radius 2 is 2.00 bits per heavy atom. The Labute approximate surface area is 145 Å². The second-order valence-corrected chi connectivity index (χ2v) is 7.72. The molecule has 2 N–H and O–H groups in total. The molecule has 0 aromatic heterocycles. The third-order valence-electron chi connectivity index (χ3n) is 5.75. The molecule has 3 rings (SSSR count). The Kier molecular flexibility index (Phi) is 6.00. The molecule has 0 spiro atoms. The standard InChI is InChI=1S/C18H33N3O3/c1-18(2)15(14-7-12-24-16(14)18)21-17(19-3)20-8-4-9-23-13-5-10-22-11-6-13/h13-16H,4-12H2,1-3H3,(H2,19,20,21). The molecular weight excluding hydrogens is 306 g/mol. The summed E-state index contributed by atoms with van der Waals surface area (Å²) in [6.45, 7) is 8.80. The van der Waals surface area contributed by atoms with E-state index >= 15 is 0 Å². The molecule has 1 saturated carbocycles. The van der Waals surface area contributed by atoms with E-state index in [0.717, 1.165) is 64.6 Å². The highest BCUT2D eigenvalue weighted by Crippen LogP contribution is 2.52. The molecule has 2 aliphatic heterocycles. The zero-order valence-corrected chi connectivity index (χ0v) is 15.3. The van der Waals surface area contributed by atoms with Gasteiger partial charge in [-0.1, -0.05) is 13.8 Å². The maximum Gasteiger partial charge on any atom is 0.191 e. The van der Waals surface area contributed by atoms with Gasteiger partial charge < -0.3 is 24.8 Å². The number of rotatable bonds is 6. The molecule has 6 heteroatoms. The summed E-state index contributed by atoms with van der Waals surface area (Å²) in [5.74, 6) is 1.51. The average Bonchev–Trinajstić information content (AvgIpc) is 3.05. The zero-order chi connectivity index (χ0) is 17.0. The van der Waals surface area contributed by atoms with E-state index < -0.39 is 0 Å². The fraction of sp³-hybridized carbons (Fsp3) is 0.944. The van der Waals surface area contributed by atoms with Crippen molar-refractivity contribution in [3.05, 3.63) is 0 Å². The third kappa shape index (κ3) is 3.86. The van der Waals surface area contributed by atoms with Crippen molar-refractivity contribution < 1.29 is 14.2 Å². The van der Waals surface area contributed by atoms with Gasteiger partial charge >= 0.3 is 0 Å². The van der Waals surface area contributed by atoms with Crippen LogP contribution >= 0.6 is 0 Å². The topological polar surface area (TPSA) is 64.1 Å². The van der Waals surface area contributed by atoms with Crippen LogP contribution in [0.2, 0.25) is 0 Å². The van der Waals surface area contributed by atoms with Crippen molar-refractivity contribution in [2.24, 2.45) is 16.3 Å². The minimum absolute atomic E-state index is 0.172. The Balaban J connectivity index is 1.33. The van der Waals surface area contributed by atoms with Crippen molar-refractivity contribution in [3.8, 4) is 0 Å². The molecular formula is C18H33N3O3. The summed E-state index contributed by atoms with van der Waals surface area (Å²) in [5, 5.41) is 7.02. The lowest BCUT2D eigenvalue weighted by atomic mass is 9.57. The lowest BCUT2D eigenvalue weighted by molar-refractivity contribution is -0.106. The number of nitrogens with zero attached hydrogens (tertiary/aromatic N) is 1. The van der Waals surface area contributed by atoms with Crippen LogP contribution in [0.25, 0.3) is 0 Å². The number of hydrogen-bond donors (Lipinski definition) is 2. The summed E-state index contributed by atoms with van der Waals surface area (Å²) in [6, 6.07) is 0.440. The SMILES string of the molecule is CN=C(NCCCOC1CCOCC1)NC1C2CCOC2C1(C)C. The largest absolute Gasteiger partial charge is 0.381 e. The van der Waals surface area contributed by atoms with Crippen molar-refractivity contribution in [2.45, 2.75) is 57.8 Å². The van der Waals surface area contributed by atoms with Crippen LogP contribution in [0.15, 0.2) is 4.99 Å². The molecule has 0 aromatic carbocycles. The first kappa shape index (κ1) is 18.0. The van der Waals surface area contributed by atoms with Gasteiger partial charge in [-0.15, -0.1) is 0 Å². The van der Waals surface area contributed by atoms with Crippen LogP contribution in [0.5, 0.6) is 0 Å². The Morgan fingerprint density at radius 3 is 2.75 bits per heavy atom. The Bertz CT molecular complexity index is 435. The average molecular weight is 339 g/mol. The van der Waals surface area contributed by atoms with Crippen LogP contribution < -0.4 is 10.6 Å². The smallest absolute Gasteiger partial charge is 0.191 e. The summed E-state index contributed by atoms with van der Waals surface area (Å²) in [7, 11) is 1.84. The first-order valence-corrected chi connectivity index (χ1v) is 9.41. The Morgan fingerprint density at radius 1 is 1.21 bits per heavy atom. The summed E-state index contributed by atoms with van der Waals surface area (Å²) in [4.78, 5) is 4.37. The summed E-state index contributed by atoms with van der Waals surface area (Å²) in [6.07, 6.45) is 4.98. The number of ether oxygens (including phenoxy) is 3. The second kappa shape index (κ2) is 8.02. The number of guanidine groups is 1. The fourth-order valence-corrected chi connectivity index (χ4v) is 4.33. The van der Waals surface area contributed by atoms with Crippen molar-refractivity contribution in [1.29, 1.82) is 0 Å². The summed E-state index contributed by atoms with van der Waals surface area (Å²) in [5.41, 5.74) is 0.172. The van der Waals surface area contributed by atoms with Crippen LogP contribution in [0.4, 0.5) is 0 Å². The molecule has 3 fully saturated rings. The van der Waals surface area contributed by atoms with E-state index in [4.69, 9.17) is 14.2 Å². The highest BCUT2D eigenvalue weighted by molar-refractivity contribution is 5.80. The van der Waals surface area contributed by atoms with E-state index in [2.05, 4.69) is 29.5 Å². The highest BCUT2D eigenvalue weighted by Gasteiger charge is 2.59. The minimum Gasteiger partial charge on any atom is -0.381 e. The van der Waals surface area contributed by atoms with E-state index in [9.17, 15) is 0 Å². The summed E-state index contributed by atoms with van der Waals surface area (Å²) >= 11 is 0. The maximum atomic E-state index is 5.90. The molecule has 0 radical (unpaired) electrons. The van der Waals surface area contributed by atoms with Gasteiger partial charge in [0.25, 0.3) is 0 Å². The van der Waals surface area contributed by atoms with Gasteiger partial charge in [0.2, 0.25) is 0 Å². The van der Waals surface area contributed by atoms with Crippen molar-refractivity contribution in [2.75, 3.05) is 40.0 Å². The molecule has 6 nitrogen and oxygen atoms in total. The number of fused-ring (bicyclic) bond motifs is 1.